The van der Waals surface area contributed by atoms with Gasteiger partial charge < -0.3 is 10.0 Å². The van der Waals surface area contributed by atoms with Gasteiger partial charge in [-0.2, -0.15) is 0 Å². The van der Waals surface area contributed by atoms with E-state index in [1.54, 1.807) is 16.9 Å². The van der Waals surface area contributed by atoms with Gasteiger partial charge in [-0.3, -0.25) is 9.78 Å². The zero-order valence-electron chi connectivity index (χ0n) is 14.9. The zero-order chi connectivity index (χ0) is 18.3. The SMILES string of the molecule is CC(C)n1cc(C2(O)CCCN(c3nc4ccccc4c(=O)[nH]3)C2)nn1. The van der Waals surface area contributed by atoms with Crippen molar-refractivity contribution in [1.82, 2.24) is 25.0 Å². The molecule has 26 heavy (non-hydrogen) atoms. The van der Waals surface area contributed by atoms with Crippen LogP contribution in [-0.4, -0.2) is 43.2 Å². The molecule has 0 bridgehead atoms. The molecule has 1 fully saturated rings. The third-order valence-electron chi connectivity index (χ3n) is 4.89. The molecule has 1 aliphatic rings. The van der Waals surface area contributed by atoms with E-state index in [0.29, 0.717) is 42.1 Å². The highest BCUT2D eigenvalue weighted by atomic mass is 16.3. The molecule has 0 saturated carbocycles. The molecule has 0 radical (unpaired) electrons. The summed E-state index contributed by atoms with van der Waals surface area (Å²) in [7, 11) is 0. The summed E-state index contributed by atoms with van der Waals surface area (Å²) in [4.78, 5) is 21.7. The Balaban J connectivity index is 1.67. The Morgan fingerprint density at radius 1 is 1.31 bits per heavy atom. The van der Waals surface area contributed by atoms with E-state index < -0.39 is 5.60 Å². The van der Waals surface area contributed by atoms with Crippen LogP contribution in [0.5, 0.6) is 0 Å². The van der Waals surface area contributed by atoms with Gasteiger partial charge in [0.25, 0.3) is 5.56 Å². The fourth-order valence-corrected chi connectivity index (χ4v) is 3.39. The monoisotopic (exact) mass is 354 g/mol. The van der Waals surface area contributed by atoms with Gasteiger partial charge in [-0.1, -0.05) is 17.3 Å². The van der Waals surface area contributed by atoms with Crippen LogP contribution in [0.15, 0.2) is 35.3 Å². The van der Waals surface area contributed by atoms with Gasteiger partial charge in [-0.05, 0) is 38.8 Å². The number of aromatic amines is 1. The number of H-pyrrole nitrogens is 1. The first-order chi connectivity index (χ1) is 12.5. The average molecular weight is 354 g/mol. The molecule has 1 saturated heterocycles. The summed E-state index contributed by atoms with van der Waals surface area (Å²) in [6.45, 7) is 5.05. The van der Waals surface area contributed by atoms with Crippen LogP contribution in [0, 0.1) is 0 Å². The third-order valence-corrected chi connectivity index (χ3v) is 4.89. The summed E-state index contributed by atoms with van der Waals surface area (Å²) in [6.07, 6.45) is 3.16. The van der Waals surface area contributed by atoms with E-state index in [9.17, 15) is 9.90 Å². The molecule has 0 spiro atoms. The van der Waals surface area contributed by atoms with E-state index >= 15 is 0 Å². The van der Waals surface area contributed by atoms with Crippen LogP contribution in [0.3, 0.4) is 0 Å². The summed E-state index contributed by atoms with van der Waals surface area (Å²) < 4.78 is 1.74. The Hall–Kier alpha value is -2.74. The number of hydrogen-bond donors (Lipinski definition) is 2. The molecule has 8 heteroatoms. The Labute approximate surface area is 150 Å². The molecule has 3 heterocycles. The standard InChI is InChI=1S/C18H22N6O2/c1-12(2)24-10-15(21-22-24)18(26)8-5-9-23(11-18)17-19-14-7-4-3-6-13(14)16(25)20-17/h3-4,6-7,10,12,26H,5,8-9,11H2,1-2H3,(H,19,20,25). The third kappa shape index (κ3) is 2.86. The molecule has 0 aliphatic carbocycles. The number of anilines is 1. The molecule has 3 aromatic rings. The zero-order valence-corrected chi connectivity index (χ0v) is 14.9. The molecular formula is C18H22N6O2. The summed E-state index contributed by atoms with van der Waals surface area (Å²) in [5, 5.41) is 20.0. The molecular weight excluding hydrogens is 332 g/mol. The molecule has 8 nitrogen and oxygen atoms in total. The molecule has 0 amide bonds. The Morgan fingerprint density at radius 2 is 2.12 bits per heavy atom. The highest BCUT2D eigenvalue weighted by molar-refractivity contribution is 5.78. The van der Waals surface area contributed by atoms with E-state index in [-0.39, 0.29) is 11.6 Å². The fraction of sp³-hybridized carbons (Fsp3) is 0.444. The Bertz CT molecular complexity index is 995. The maximum absolute atomic E-state index is 12.3. The van der Waals surface area contributed by atoms with E-state index in [1.807, 2.05) is 36.9 Å². The molecule has 1 aromatic carbocycles. The van der Waals surface area contributed by atoms with Crippen LogP contribution < -0.4 is 10.5 Å². The topological polar surface area (TPSA) is 99.9 Å². The number of aliphatic hydroxyl groups is 1. The average Bonchev–Trinajstić information content (AvgIpc) is 3.13. The number of β-amino-alcohol motifs (C(OH)–C–C–N with tert-alkyl or cyclic N) is 1. The number of para-hydroxylation sites is 1. The van der Waals surface area contributed by atoms with Crippen LogP contribution in [0.4, 0.5) is 5.95 Å². The van der Waals surface area contributed by atoms with Gasteiger partial charge in [0.1, 0.15) is 11.3 Å². The summed E-state index contributed by atoms with van der Waals surface area (Å²) in [6, 6.07) is 7.42. The largest absolute Gasteiger partial charge is 0.382 e. The minimum absolute atomic E-state index is 0.175. The molecule has 1 atom stereocenters. The van der Waals surface area contributed by atoms with Gasteiger partial charge in [0.2, 0.25) is 5.95 Å². The van der Waals surface area contributed by atoms with E-state index in [1.165, 1.54) is 0 Å². The molecule has 136 valence electrons. The highest BCUT2D eigenvalue weighted by Crippen LogP contribution is 2.31. The lowest BCUT2D eigenvalue weighted by molar-refractivity contribution is 0.0172. The van der Waals surface area contributed by atoms with Crippen LogP contribution in [0.2, 0.25) is 0 Å². The molecule has 2 N–H and O–H groups in total. The normalized spacial score (nSPS) is 20.8. The molecule has 1 aliphatic heterocycles. The summed E-state index contributed by atoms with van der Waals surface area (Å²) in [5.74, 6) is 0.475. The van der Waals surface area contributed by atoms with Gasteiger partial charge in [0.15, 0.2) is 0 Å². The van der Waals surface area contributed by atoms with E-state index in [0.717, 1.165) is 6.42 Å². The molecule has 1 unspecified atom stereocenters. The van der Waals surface area contributed by atoms with Crippen molar-refractivity contribution < 1.29 is 5.11 Å². The van der Waals surface area contributed by atoms with Crippen molar-refractivity contribution >= 4 is 16.9 Å². The van der Waals surface area contributed by atoms with Gasteiger partial charge >= 0.3 is 0 Å². The number of nitrogens with zero attached hydrogens (tertiary/aromatic N) is 5. The first-order valence-corrected chi connectivity index (χ1v) is 8.85. The Kier molecular flexibility index (Phi) is 3.99. The first-order valence-electron chi connectivity index (χ1n) is 8.85. The number of nitrogens with one attached hydrogen (secondary N) is 1. The van der Waals surface area contributed by atoms with Crippen molar-refractivity contribution in [2.75, 3.05) is 18.0 Å². The van der Waals surface area contributed by atoms with Gasteiger partial charge in [-0.25, -0.2) is 9.67 Å². The number of fused-ring (bicyclic) bond motifs is 1. The predicted octanol–water partition coefficient (Wildman–Crippen LogP) is 1.58. The maximum Gasteiger partial charge on any atom is 0.260 e. The van der Waals surface area contributed by atoms with Gasteiger partial charge in [0, 0.05) is 12.6 Å². The van der Waals surface area contributed by atoms with Crippen molar-refractivity contribution in [1.29, 1.82) is 0 Å². The highest BCUT2D eigenvalue weighted by Gasteiger charge is 2.38. The minimum atomic E-state index is -1.12. The van der Waals surface area contributed by atoms with Crippen LogP contribution in [-0.2, 0) is 5.60 Å². The van der Waals surface area contributed by atoms with Crippen molar-refractivity contribution in [3.63, 3.8) is 0 Å². The lowest BCUT2D eigenvalue weighted by Crippen LogP contribution is -2.47. The van der Waals surface area contributed by atoms with Gasteiger partial charge in [0.05, 0.1) is 23.6 Å². The number of hydrogen-bond acceptors (Lipinski definition) is 6. The Morgan fingerprint density at radius 3 is 2.88 bits per heavy atom. The smallest absolute Gasteiger partial charge is 0.260 e. The van der Waals surface area contributed by atoms with Crippen LogP contribution >= 0.6 is 0 Å². The number of aromatic nitrogens is 5. The molecule has 4 rings (SSSR count). The van der Waals surface area contributed by atoms with Crippen molar-refractivity contribution in [3.05, 3.63) is 46.5 Å². The fourth-order valence-electron chi connectivity index (χ4n) is 3.39. The number of piperidine rings is 1. The second kappa shape index (κ2) is 6.21. The van der Waals surface area contributed by atoms with Crippen molar-refractivity contribution in [3.8, 4) is 0 Å². The summed E-state index contributed by atoms with van der Waals surface area (Å²) in [5.41, 5.74) is -0.0918. The summed E-state index contributed by atoms with van der Waals surface area (Å²) >= 11 is 0. The van der Waals surface area contributed by atoms with E-state index in [4.69, 9.17) is 0 Å². The lowest BCUT2D eigenvalue weighted by Gasteiger charge is -2.38. The second-order valence-corrected chi connectivity index (χ2v) is 7.14. The maximum atomic E-state index is 12.3. The minimum Gasteiger partial charge on any atom is -0.382 e. The van der Waals surface area contributed by atoms with Crippen LogP contribution in [0.25, 0.3) is 10.9 Å². The lowest BCUT2D eigenvalue weighted by atomic mass is 9.90. The quantitative estimate of drug-likeness (QED) is 0.741. The van der Waals surface area contributed by atoms with Crippen molar-refractivity contribution in [2.24, 2.45) is 0 Å². The second-order valence-electron chi connectivity index (χ2n) is 7.14. The predicted molar refractivity (Wildman–Crippen MR) is 98.1 cm³/mol. The number of benzene rings is 1. The van der Waals surface area contributed by atoms with Crippen molar-refractivity contribution in [2.45, 2.75) is 38.3 Å². The first kappa shape index (κ1) is 16.7. The van der Waals surface area contributed by atoms with Crippen LogP contribution in [0.1, 0.15) is 38.4 Å². The van der Waals surface area contributed by atoms with Gasteiger partial charge in [-0.15, -0.1) is 5.10 Å². The number of rotatable bonds is 3. The van der Waals surface area contributed by atoms with E-state index in [2.05, 4.69) is 20.3 Å². The molecule has 2 aromatic heterocycles.